The van der Waals surface area contributed by atoms with E-state index in [1.807, 2.05) is 6.07 Å². The first-order valence-electron chi connectivity index (χ1n) is 8.36. The molecule has 0 saturated carbocycles. The van der Waals surface area contributed by atoms with Crippen LogP contribution in [-0.2, 0) is 0 Å². The van der Waals surface area contributed by atoms with Crippen LogP contribution in [0.3, 0.4) is 0 Å². The molecule has 0 atom stereocenters. The Morgan fingerprint density at radius 3 is 1.79 bits per heavy atom. The third kappa shape index (κ3) is 4.46. The maximum absolute atomic E-state index is 12.5. The van der Waals surface area contributed by atoms with E-state index in [1.165, 1.54) is 21.3 Å². The average Bonchev–Trinajstić information content (AvgIpc) is 2.75. The van der Waals surface area contributed by atoms with E-state index in [9.17, 15) is 4.79 Å². The monoisotopic (exact) mass is 388 g/mol. The number of rotatable bonds is 8. The van der Waals surface area contributed by atoms with Crippen molar-refractivity contribution >= 4 is 11.6 Å². The molecule has 150 valence electrons. The van der Waals surface area contributed by atoms with Crippen LogP contribution in [0.4, 0.5) is 0 Å². The van der Waals surface area contributed by atoms with Gasteiger partial charge in [0.15, 0.2) is 23.0 Å². The normalized spacial score (nSPS) is 10.9. The second kappa shape index (κ2) is 9.50. The van der Waals surface area contributed by atoms with Crippen LogP contribution in [-0.4, -0.2) is 47.2 Å². The molecule has 0 bridgehead atoms. The van der Waals surface area contributed by atoms with Crippen molar-refractivity contribution in [1.82, 2.24) is 5.43 Å². The SMILES string of the molecule is COc1ccc(/C(C)=N/NC(=O)c2cc(OC)c(OC)c(OC)c2)cc1OC. The van der Waals surface area contributed by atoms with Crippen molar-refractivity contribution in [3.8, 4) is 28.7 Å². The first-order valence-corrected chi connectivity index (χ1v) is 8.36. The van der Waals surface area contributed by atoms with E-state index in [-0.39, 0.29) is 0 Å². The number of carbonyl (C=O) groups is 1. The fourth-order valence-corrected chi connectivity index (χ4v) is 2.54. The van der Waals surface area contributed by atoms with E-state index in [0.29, 0.717) is 40.0 Å². The van der Waals surface area contributed by atoms with Crippen molar-refractivity contribution in [3.63, 3.8) is 0 Å². The molecule has 2 aromatic rings. The Balaban J connectivity index is 2.25. The summed E-state index contributed by atoms with van der Waals surface area (Å²) in [6.45, 7) is 1.77. The van der Waals surface area contributed by atoms with Gasteiger partial charge < -0.3 is 23.7 Å². The Morgan fingerprint density at radius 2 is 1.29 bits per heavy atom. The van der Waals surface area contributed by atoms with Crippen molar-refractivity contribution in [2.45, 2.75) is 6.92 Å². The number of nitrogens with one attached hydrogen (secondary N) is 1. The number of nitrogens with zero attached hydrogens (tertiary/aromatic N) is 1. The molecular formula is C20H24N2O6. The number of amides is 1. The zero-order chi connectivity index (χ0) is 20.7. The van der Waals surface area contributed by atoms with Gasteiger partial charge in [0.25, 0.3) is 5.91 Å². The minimum Gasteiger partial charge on any atom is -0.493 e. The lowest BCUT2D eigenvalue weighted by Crippen LogP contribution is -2.19. The molecule has 2 aromatic carbocycles. The first kappa shape index (κ1) is 20.9. The summed E-state index contributed by atoms with van der Waals surface area (Å²) in [5.41, 5.74) is 4.23. The van der Waals surface area contributed by atoms with Gasteiger partial charge in [-0.2, -0.15) is 5.10 Å². The molecule has 2 rings (SSSR count). The molecule has 0 radical (unpaired) electrons. The Morgan fingerprint density at radius 1 is 0.750 bits per heavy atom. The summed E-state index contributed by atoms with van der Waals surface area (Å²) >= 11 is 0. The van der Waals surface area contributed by atoms with E-state index in [1.54, 1.807) is 45.4 Å². The van der Waals surface area contributed by atoms with Crippen LogP contribution < -0.4 is 29.1 Å². The third-order valence-corrected chi connectivity index (χ3v) is 4.05. The standard InChI is InChI=1S/C20H24N2O6/c1-12(13-7-8-15(24-2)16(9-13)25-3)21-22-20(23)14-10-17(26-4)19(28-6)18(11-14)27-5/h7-11H,1-6H3,(H,22,23)/b21-12+. The fraction of sp³-hybridized carbons (Fsp3) is 0.300. The molecule has 0 saturated heterocycles. The summed E-state index contributed by atoms with van der Waals surface area (Å²) in [5.74, 6) is 1.94. The highest BCUT2D eigenvalue weighted by atomic mass is 16.5. The third-order valence-electron chi connectivity index (χ3n) is 4.05. The molecule has 0 spiro atoms. The van der Waals surface area contributed by atoms with E-state index in [2.05, 4.69) is 10.5 Å². The highest BCUT2D eigenvalue weighted by Gasteiger charge is 2.17. The van der Waals surface area contributed by atoms with Crippen molar-refractivity contribution < 1.29 is 28.5 Å². The number of hydrogen-bond donors (Lipinski definition) is 1. The van der Waals surface area contributed by atoms with E-state index < -0.39 is 5.91 Å². The largest absolute Gasteiger partial charge is 0.493 e. The lowest BCUT2D eigenvalue weighted by molar-refractivity contribution is 0.0954. The van der Waals surface area contributed by atoms with Crippen LogP contribution >= 0.6 is 0 Å². The second-order valence-electron chi connectivity index (χ2n) is 5.62. The van der Waals surface area contributed by atoms with Gasteiger partial charge in [-0.25, -0.2) is 5.43 Å². The lowest BCUT2D eigenvalue weighted by Gasteiger charge is -2.13. The summed E-state index contributed by atoms with van der Waals surface area (Å²) < 4.78 is 26.3. The van der Waals surface area contributed by atoms with Crippen molar-refractivity contribution in [3.05, 3.63) is 41.5 Å². The summed E-state index contributed by atoms with van der Waals surface area (Å²) in [6, 6.07) is 8.49. The van der Waals surface area contributed by atoms with Crippen molar-refractivity contribution in [2.75, 3.05) is 35.5 Å². The van der Waals surface area contributed by atoms with Gasteiger partial charge in [0.1, 0.15) is 0 Å². The molecule has 8 nitrogen and oxygen atoms in total. The van der Waals surface area contributed by atoms with Gasteiger partial charge in [-0.15, -0.1) is 0 Å². The Bertz CT molecular complexity index is 854. The van der Waals surface area contributed by atoms with Gasteiger partial charge in [0, 0.05) is 11.1 Å². The van der Waals surface area contributed by atoms with Gasteiger partial charge in [-0.3, -0.25) is 4.79 Å². The first-order chi connectivity index (χ1) is 13.5. The van der Waals surface area contributed by atoms with Crippen LogP contribution in [0.25, 0.3) is 0 Å². The quantitative estimate of drug-likeness (QED) is 0.553. The molecule has 28 heavy (non-hydrogen) atoms. The molecule has 1 amide bonds. The Labute approximate surface area is 164 Å². The molecule has 0 fully saturated rings. The molecule has 0 unspecified atom stereocenters. The van der Waals surface area contributed by atoms with Gasteiger partial charge in [-0.05, 0) is 37.3 Å². The Kier molecular flexibility index (Phi) is 7.08. The minimum absolute atomic E-state index is 0.318. The summed E-state index contributed by atoms with van der Waals surface area (Å²) in [4.78, 5) is 12.5. The van der Waals surface area contributed by atoms with Gasteiger partial charge >= 0.3 is 0 Å². The van der Waals surface area contributed by atoms with E-state index in [4.69, 9.17) is 23.7 Å². The molecule has 8 heteroatoms. The summed E-state index contributed by atoms with van der Waals surface area (Å²) in [5, 5.41) is 4.16. The Hall–Kier alpha value is -3.42. The van der Waals surface area contributed by atoms with E-state index in [0.717, 1.165) is 5.56 Å². The summed E-state index contributed by atoms with van der Waals surface area (Å²) in [7, 11) is 7.59. The van der Waals surface area contributed by atoms with Crippen molar-refractivity contribution in [1.29, 1.82) is 0 Å². The molecule has 0 aromatic heterocycles. The smallest absolute Gasteiger partial charge is 0.271 e. The number of hydrogen-bond acceptors (Lipinski definition) is 7. The molecule has 0 aliphatic carbocycles. The molecule has 1 N–H and O–H groups in total. The number of methoxy groups -OCH3 is 5. The highest BCUT2D eigenvalue weighted by Crippen LogP contribution is 2.38. The number of hydrazone groups is 1. The molecule has 0 heterocycles. The average molecular weight is 388 g/mol. The van der Waals surface area contributed by atoms with Gasteiger partial charge in [0.2, 0.25) is 5.75 Å². The van der Waals surface area contributed by atoms with Crippen LogP contribution in [0, 0.1) is 0 Å². The van der Waals surface area contributed by atoms with Gasteiger partial charge in [0.05, 0.1) is 41.3 Å². The molecule has 0 aliphatic rings. The molecular weight excluding hydrogens is 364 g/mol. The number of carbonyl (C=O) groups excluding carboxylic acids is 1. The van der Waals surface area contributed by atoms with Crippen LogP contribution in [0.1, 0.15) is 22.8 Å². The van der Waals surface area contributed by atoms with Crippen LogP contribution in [0.15, 0.2) is 35.4 Å². The van der Waals surface area contributed by atoms with Crippen LogP contribution in [0.5, 0.6) is 28.7 Å². The maximum atomic E-state index is 12.5. The minimum atomic E-state index is -0.418. The maximum Gasteiger partial charge on any atom is 0.271 e. The number of ether oxygens (including phenoxy) is 5. The summed E-state index contributed by atoms with van der Waals surface area (Å²) in [6.07, 6.45) is 0. The predicted molar refractivity (Wildman–Crippen MR) is 105 cm³/mol. The second-order valence-corrected chi connectivity index (χ2v) is 5.62. The predicted octanol–water partition coefficient (Wildman–Crippen LogP) is 2.88. The van der Waals surface area contributed by atoms with E-state index >= 15 is 0 Å². The van der Waals surface area contributed by atoms with Crippen molar-refractivity contribution in [2.24, 2.45) is 5.10 Å². The topological polar surface area (TPSA) is 87.6 Å². The van der Waals surface area contributed by atoms with Crippen LogP contribution in [0.2, 0.25) is 0 Å². The molecule has 0 aliphatic heterocycles. The van der Waals surface area contributed by atoms with Gasteiger partial charge in [-0.1, -0.05) is 0 Å². The zero-order valence-corrected chi connectivity index (χ0v) is 16.8. The highest BCUT2D eigenvalue weighted by molar-refractivity contribution is 6.01. The zero-order valence-electron chi connectivity index (χ0n) is 16.8. The fourth-order valence-electron chi connectivity index (χ4n) is 2.54. The number of benzene rings is 2. The lowest BCUT2D eigenvalue weighted by atomic mass is 10.1.